The topological polar surface area (TPSA) is 143 Å². The van der Waals surface area contributed by atoms with Crippen molar-refractivity contribution < 1.29 is 38.4 Å². The van der Waals surface area contributed by atoms with Gasteiger partial charge in [-0.05, 0) is 38.7 Å². The number of carbonyl (C=O) groups is 5. The molecule has 0 bridgehead atoms. The van der Waals surface area contributed by atoms with Crippen molar-refractivity contribution in [2.45, 2.75) is 64.4 Å². The molecule has 0 spiro atoms. The van der Waals surface area contributed by atoms with Crippen LogP contribution in [0.4, 0.5) is 4.79 Å². The number of imide groups is 1. The van der Waals surface area contributed by atoms with Gasteiger partial charge in [0.05, 0.1) is 5.41 Å². The summed E-state index contributed by atoms with van der Waals surface area (Å²) >= 11 is 0. The molecule has 3 amide bonds. The first kappa shape index (κ1) is 21.5. The van der Waals surface area contributed by atoms with Crippen molar-refractivity contribution in [3.8, 4) is 0 Å². The van der Waals surface area contributed by atoms with Gasteiger partial charge < -0.3 is 9.57 Å². The van der Waals surface area contributed by atoms with Crippen molar-refractivity contribution in [1.29, 1.82) is 5.41 Å². The van der Waals surface area contributed by atoms with Gasteiger partial charge in [0.2, 0.25) is 0 Å². The minimum atomic E-state index is -1.12. The lowest BCUT2D eigenvalue weighted by Crippen LogP contribution is -2.40. The molecule has 0 aromatic rings. The molecule has 3 aliphatic rings. The first-order valence-electron chi connectivity index (χ1n) is 9.73. The van der Waals surface area contributed by atoms with Crippen LogP contribution in [0.5, 0.6) is 0 Å². The molecule has 0 saturated carbocycles. The third-order valence-corrected chi connectivity index (χ3v) is 5.33. The predicted molar refractivity (Wildman–Crippen MR) is 98.1 cm³/mol. The number of hydrogen-bond acceptors (Lipinski definition) is 9. The Hall–Kier alpha value is -3.24. The van der Waals surface area contributed by atoms with Crippen LogP contribution >= 0.6 is 0 Å². The van der Waals surface area contributed by atoms with Crippen LogP contribution in [-0.2, 0) is 33.6 Å². The second kappa shape index (κ2) is 8.64. The zero-order chi connectivity index (χ0) is 21.9. The number of nitrogens with one attached hydrogen (secondary N) is 1. The Labute approximate surface area is 172 Å². The molecule has 11 nitrogen and oxygen atoms in total. The molecule has 0 aromatic heterocycles. The SMILES string of the molecule is C[C@@]1(C(=O)ON2C(=O)CCC2=O)CC/C=C/[C@H](OC(=O)ON2C(=N)CCC2=O)CC1. The fourth-order valence-corrected chi connectivity index (χ4v) is 3.39. The molecule has 162 valence electrons. The summed E-state index contributed by atoms with van der Waals surface area (Å²) in [5.74, 6) is -2.40. The molecule has 2 aliphatic heterocycles. The van der Waals surface area contributed by atoms with Crippen molar-refractivity contribution in [2.24, 2.45) is 5.41 Å². The predicted octanol–water partition coefficient (Wildman–Crippen LogP) is 1.77. The zero-order valence-corrected chi connectivity index (χ0v) is 16.5. The molecule has 0 radical (unpaired) electrons. The molecule has 0 unspecified atom stereocenters. The van der Waals surface area contributed by atoms with Gasteiger partial charge in [-0.3, -0.25) is 24.6 Å². The maximum absolute atomic E-state index is 12.7. The van der Waals surface area contributed by atoms with E-state index >= 15 is 0 Å². The Bertz CT molecular complexity index is 791. The van der Waals surface area contributed by atoms with Gasteiger partial charge in [0.15, 0.2) is 0 Å². The molecule has 3 rings (SSSR count). The van der Waals surface area contributed by atoms with Crippen molar-refractivity contribution in [2.75, 3.05) is 0 Å². The molecule has 11 heteroatoms. The van der Waals surface area contributed by atoms with Gasteiger partial charge in [0.25, 0.3) is 17.7 Å². The molecular weight excluding hydrogens is 398 g/mol. The summed E-state index contributed by atoms with van der Waals surface area (Å²) in [6.45, 7) is 1.67. The Morgan fingerprint density at radius 1 is 1.00 bits per heavy atom. The van der Waals surface area contributed by atoms with Gasteiger partial charge >= 0.3 is 12.1 Å². The summed E-state index contributed by atoms with van der Waals surface area (Å²) in [7, 11) is 0. The van der Waals surface area contributed by atoms with E-state index in [1.165, 1.54) is 0 Å². The van der Waals surface area contributed by atoms with Crippen molar-refractivity contribution in [3.63, 3.8) is 0 Å². The van der Waals surface area contributed by atoms with E-state index in [1.54, 1.807) is 19.1 Å². The van der Waals surface area contributed by atoms with Crippen LogP contribution in [0.3, 0.4) is 0 Å². The number of rotatable bonds is 4. The number of allylic oxidation sites excluding steroid dienone is 1. The van der Waals surface area contributed by atoms with Crippen molar-refractivity contribution >= 4 is 35.7 Å². The van der Waals surface area contributed by atoms with Crippen LogP contribution in [0.15, 0.2) is 12.2 Å². The smallest absolute Gasteiger partial charge is 0.425 e. The molecule has 2 heterocycles. The van der Waals surface area contributed by atoms with Crippen LogP contribution in [0, 0.1) is 10.8 Å². The lowest BCUT2D eigenvalue weighted by atomic mass is 9.79. The second-order valence-corrected chi connectivity index (χ2v) is 7.66. The average Bonchev–Trinajstić information content (AvgIpc) is 3.17. The average molecular weight is 421 g/mol. The minimum absolute atomic E-state index is 0.0145. The summed E-state index contributed by atoms with van der Waals surface area (Å²) in [6.07, 6.45) is 3.32. The van der Waals surface area contributed by atoms with Gasteiger partial charge in [-0.25, -0.2) is 9.59 Å². The second-order valence-electron chi connectivity index (χ2n) is 7.66. The largest absolute Gasteiger partial charge is 0.534 e. The number of hydrogen-bond donors (Lipinski definition) is 1. The van der Waals surface area contributed by atoms with Crippen LogP contribution in [-0.4, -0.2) is 51.9 Å². The zero-order valence-electron chi connectivity index (χ0n) is 16.5. The number of nitrogens with zero attached hydrogens (tertiary/aromatic N) is 2. The quantitative estimate of drug-likeness (QED) is 0.411. The number of amidine groups is 1. The van der Waals surface area contributed by atoms with Crippen LogP contribution in [0.1, 0.15) is 58.3 Å². The molecular formula is C19H23N3O8. The standard InChI is InChI=1S/C19H23N3O8/c1-19(17(26)29-22-15(24)7-8-16(22)25)10-3-2-4-12(9-11-19)28-18(27)30-21-13(20)5-6-14(21)23/h2,4,12,20H,3,5-11H2,1H3/b4-2+,20-13?/t12-,19+/m0/s1. The summed E-state index contributed by atoms with van der Waals surface area (Å²) in [5, 5.41) is 8.72. The molecule has 1 N–H and O–H groups in total. The van der Waals surface area contributed by atoms with Gasteiger partial charge in [-0.2, -0.15) is 0 Å². The van der Waals surface area contributed by atoms with E-state index in [0.717, 1.165) is 0 Å². The fraction of sp³-hybridized carbons (Fsp3) is 0.579. The van der Waals surface area contributed by atoms with E-state index < -0.39 is 41.4 Å². The third-order valence-electron chi connectivity index (χ3n) is 5.33. The van der Waals surface area contributed by atoms with E-state index in [-0.39, 0.29) is 44.4 Å². The maximum atomic E-state index is 12.7. The summed E-state index contributed by atoms with van der Waals surface area (Å²) in [5.41, 5.74) is -0.994. The highest BCUT2D eigenvalue weighted by molar-refractivity contribution is 6.03. The number of hydroxylamine groups is 4. The Morgan fingerprint density at radius 2 is 1.63 bits per heavy atom. The van der Waals surface area contributed by atoms with E-state index in [1.807, 2.05) is 0 Å². The van der Waals surface area contributed by atoms with Gasteiger partial charge in [0.1, 0.15) is 11.9 Å². The van der Waals surface area contributed by atoms with Crippen molar-refractivity contribution in [1.82, 2.24) is 10.1 Å². The Balaban J connectivity index is 1.57. The normalized spacial score (nSPS) is 28.2. The van der Waals surface area contributed by atoms with Gasteiger partial charge in [-0.1, -0.05) is 6.08 Å². The number of ether oxygens (including phenoxy) is 1. The molecule has 30 heavy (non-hydrogen) atoms. The van der Waals surface area contributed by atoms with Gasteiger partial charge in [0, 0.05) is 25.7 Å². The highest BCUT2D eigenvalue weighted by Crippen LogP contribution is 2.35. The molecule has 2 saturated heterocycles. The van der Waals surface area contributed by atoms with Crippen LogP contribution in [0.2, 0.25) is 0 Å². The van der Waals surface area contributed by atoms with Crippen LogP contribution < -0.4 is 0 Å². The highest BCUT2D eigenvalue weighted by atomic mass is 16.8. The van der Waals surface area contributed by atoms with Gasteiger partial charge in [-0.15, -0.1) is 10.1 Å². The first-order valence-corrected chi connectivity index (χ1v) is 9.73. The number of amides is 3. The minimum Gasteiger partial charge on any atom is -0.425 e. The third kappa shape index (κ3) is 4.66. The molecule has 1 aliphatic carbocycles. The number of carbonyl (C=O) groups excluding carboxylic acids is 5. The lowest BCUT2D eigenvalue weighted by molar-refractivity contribution is -0.205. The Morgan fingerprint density at radius 3 is 2.27 bits per heavy atom. The van der Waals surface area contributed by atoms with E-state index in [0.29, 0.717) is 23.0 Å². The van der Waals surface area contributed by atoms with E-state index in [2.05, 4.69) is 0 Å². The Kier molecular flexibility index (Phi) is 6.18. The monoisotopic (exact) mass is 421 g/mol. The molecule has 2 fully saturated rings. The van der Waals surface area contributed by atoms with Crippen molar-refractivity contribution in [3.05, 3.63) is 12.2 Å². The molecule has 0 aromatic carbocycles. The maximum Gasteiger partial charge on any atom is 0.534 e. The van der Waals surface area contributed by atoms with Crippen LogP contribution in [0.25, 0.3) is 0 Å². The lowest BCUT2D eigenvalue weighted by Gasteiger charge is -2.30. The summed E-state index contributed by atoms with van der Waals surface area (Å²) in [4.78, 5) is 69.6. The fourth-order valence-electron chi connectivity index (χ4n) is 3.39. The summed E-state index contributed by atoms with van der Waals surface area (Å²) in [6, 6.07) is 0. The van der Waals surface area contributed by atoms with E-state index in [4.69, 9.17) is 19.8 Å². The first-order chi connectivity index (χ1) is 14.2. The summed E-state index contributed by atoms with van der Waals surface area (Å²) < 4.78 is 5.22. The highest BCUT2D eigenvalue weighted by Gasteiger charge is 2.41. The van der Waals surface area contributed by atoms with E-state index in [9.17, 15) is 24.0 Å². The molecule has 2 atom stereocenters.